The molecule has 0 saturated carbocycles. The molecule has 1 atom stereocenters. The van der Waals surface area contributed by atoms with E-state index >= 15 is 0 Å². The lowest BCUT2D eigenvalue weighted by Gasteiger charge is -2.10. The molecule has 136 valence electrons. The zero-order chi connectivity index (χ0) is 17.8. The van der Waals surface area contributed by atoms with Crippen LogP contribution >= 0.6 is 0 Å². The van der Waals surface area contributed by atoms with Gasteiger partial charge >= 0.3 is 0 Å². The summed E-state index contributed by atoms with van der Waals surface area (Å²) >= 11 is 0. The third-order valence-corrected chi connectivity index (χ3v) is 4.29. The molecule has 4 heteroatoms. The first-order valence-electron chi connectivity index (χ1n) is 9.12. The van der Waals surface area contributed by atoms with E-state index < -0.39 is 6.10 Å². The van der Waals surface area contributed by atoms with Crippen molar-refractivity contribution >= 4 is 5.78 Å². The lowest BCUT2D eigenvalue weighted by molar-refractivity contribution is -0.121. The van der Waals surface area contributed by atoms with Crippen LogP contribution in [0, 0.1) is 0 Å². The van der Waals surface area contributed by atoms with Gasteiger partial charge in [0.2, 0.25) is 0 Å². The molecule has 0 bridgehead atoms. The minimum atomic E-state index is -0.516. The molecule has 0 radical (unpaired) electrons. The Kier molecular flexibility index (Phi) is 10.2. The highest BCUT2D eigenvalue weighted by Gasteiger charge is 2.11. The Labute approximate surface area is 145 Å². The number of phenols is 1. The van der Waals surface area contributed by atoms with E-state index in [9.17, 15) is 15.0 Å². The third kappa shape index (κ3) is 8.34. The number of benzene rings is 1. The lowest BCUT2D eigenvalue weighted by atomic mass is 10.0. The molecule has 0 spiro atoms. The SMILES string of the molecule is CCCCCCCC[C@H](O)CC(=O)CCc1ccc(O)c(OC)c1. The molecule has 1 aromatic rings. The van der Waals surface area contributed by atoms with E-state index in [0.717, 1.165) is 18.4 Å². The van der Waals surface area contributed by atoms with Gasteiger partial charge in [-0.05, 0) is 30.5 Å². The van der Waals surface area contributed by atoms with Gasteiger partial charge in [0.1, 0.15) is 5.78 Å². The first kappa shape index (κ1) is 20.5. The summed E-state index contributed by atoms with van der Waals surface area (Å²) in [6.07, 6.45) is 8.58. The molecule has 4 nitrogen and oxygen atoms in total. The Hall–Kier alpha value is -1.55. The van der Waals surface area contributed by atoms with Gasteiger partial charge in [-0.3, -0.25) is 4.79 Å². The predicted octanol–water partition coefficient (Wildman–Crippen LogP) is 4.40. The average molecular weight is 336 g/mol. The van der Waals surface area contributed by atoms with Crippen molar-refractivity contribution in [1.29, 1.82) is 0 Å². The molecule has 0 aromatic heterocycles. The van der Waals surface area contributed by atoms with Gasteiger partial charge in [0, 0.05) is 12.8 Å². The summed E-state index contributed by atoms with van der Waals surface area (Å²) in [6, 6.07) is 5.11. The van der Waals surface area contributed by atoms with Gasteiger partial charge < -0.3 is 14.9 Å². The second kappa shape index (κ2) is 11.9. The normalized spacial score (nSPS) is 12.1. The summed E-state index contributed by atoms with van der Waals surface area (Å²) in [5.74, 6) is 0.602. The molecule has 0 amide bonds. The summed E-state index contributed by atoms with van der Waals surface area (Å²) in [6.45, 7) is 2.20. The fourth-order valence-electron chi connectivity index (χ4n) is 2.79. The van der Waals surface area contributed by atoms with Crippen LogP contribution in [0.3, 0.4) is 0 Å². The maximum Gasteiger partial charge on any atom is 0.160 e. The number of ketones is 1. The molecular formula is C20H32O4. The highest BCUT2D eigenvalue weighted by Crippen LogP contribution is 2.26. The number of Topliss-reactive ketones (excluding diaryl/α,β-unsaturated/α-hetero) is 1. The van der Waals surface area contributed by atoms with Gasteiger partial charge in [-0.25, -0.2) is 0 Å². The van der Waals surface area contributed by atoms with Crippen molar-refractivity contribution in [3.05, 3.63) is 23.8 Å². The number of carbonyl (C=O) groups is 1. The largest absolute Gasteiger partial charge is 0.504 e. The molecule has 24 heavy (non-hydrogen) atoms. The second-order valence-electron chi connectivity index (χ2n) is 6.46. The third-order valence-electron chi connectivity index (χ3n) is 4.29. The first-order chi connectivity index (χ1) is 11.6. The van der Waals surface area contributed by atoms with Crippen LogP contribution in [0.25, 0.3) is 0 Å². The summed E-state index contributed by atoms with van der Waals surface area (Å²) in [5.41, 5.74) is 0.948. The number of aliphatic hydroxyl groups is 1. The topological polar surface area (TPSA) is 66.8 Å². The molecule has 0 aliphatic heterocycles. The number of hydrogen-bond donors (Lipinski definition) is 2. The van der Waals surface area contributed by atoms with Gasteiger partial charge in [0.15, 0.2) is 11.5 Å². The fourth-order valence-corrected chi connectivity index (χ4v) is 2.79. The van der Waals surface area contributed by atoms with Crippen molar-refractivity contribution in [3.63, 3.8) is 0 Å². The van der Waals surface area contributed by atoms with Gasteiger partial charge in [-0.2, -0.15) is 0 Å². The average Bonchev–Trinajstić information content (AvgIpc) is 2.57. The van der Waals surface area contributed by atoms with Crippen molar-refractivity contribution in [1.82, 2.24) is 0 Å². The Morgan fingerprint density at radius 3 is 2.58 bits per heavy atom. The summed E-state index contributed by atoms with van der Waals surface area (Å²) in [4.78, 5) is 12.0. The smallest absolute Gasteiger partial charge is 0.160 e. The van der Waals surface area contributed by atoms with E-state index in [1.807, 2.05) is 0 Å². The van der Waals surface area contributed by atoms with E-state index in [0.29, 0.717) is 25.0 Å². The van der Waals surface area contributed by atoms with Gasteiger partial charge in [0.05, 0.1) is 13.2 Å². The predicted molar refractivity (Wildman–Crippen MR) is 96.6 cm³/mol. The van der Waals surface area contributed by atoms with Crippen LogP contribution in [-0.4, -0.2) is 29.2 Å². The fraction of sp³-hybridized carbons (Fsp3) is 0.650. The monoisotopic (exact) mass is 336 g/mol. The molecular weight excluding hydrogens is 304 g/mol. The number of aryl methyl sites for hydroxylation is 1. The Balaban J connectivity index is 2.21. The molecule has 0 saturated heterocycles. The van der Waals surface area contributed by atoms with E-state index in [1.165, 1.54) is 32.8 Å². The van der Waals surface area contributed by atoms with Crippen molar-refractivity contribution < 1.29 is 19.7 Å². The minimum absolute atomic E-state index is 0.0838. The number of rotatable bonds is 13. The molecule has 0 unspecified atom stereocenters. The number of carbonyl (C=O) groups excluding carboxylic acids is 1. The molecule has 1 aromatic carbocycles. The number of phenolic OH excluding ortho intramolecular Hbond substituents is 1. The zero-order valence-electron chi connectivity index (χ0n) is 15.1. The quantitative estimate of drug-likeness (QED) is 0.524. The molecule has 0 aliphatic carbocycles. The molecule has 0 fully saturated rings. The van der Waals surface area contributed by atoms with Gasteiger partial charge in [0.25, 0.3) is 0 Å². The van der Waals surface area contributed by atoms with Crippen LogP contribution in [0.2, 0.25) is 0 Å². The van der Waals surface area contributed by atoms with E-state index in [2.05, 4.69) is 6.92 Å². The summed E-state index contributed by atoms with van der Waals surface area (Å²) in [7, 11) is 1.50. The number of ether oxygens (including phenoxy) is 1. The second-order valence-corrected chi connectivity index (χ2v) is 6.46. The summed E-state index contributed by atoms with van der Waals surface area (Å²) < 4.78 is 5.06. The number of aliphatic hydroxyl groups excluding tert-OH is 1. The van der Waals surface area contributed by atoms with E-state index in [4.69, 9.17) is 4.74 Å². The number of hydrogen-bond acceptors (Lipinski definition) is 4. The standard InChI is InChI=1S/C20H32O4/c1-3-4-5-6-7-8-9-17(21)15-18(22)12-10-16-11-13-19(23)20(14-16)24-2/h11,13-14,17,21,23H,3-10,12,15H2,1-2H3/t17-/m0/s1. The van der Waals surface area contributed by atoms with Crippen LogP contribution in [0.15, 0.2) is 18.2 Å². The van der Waals surface area contributed by atoms with Crippen LogP contribution < -0.4 is 4.74 Å². The highest BCUT2D eigenvalue weighted by molar-refractivity contribution is 5.79. The lowest BCUT2D eigenvalue weighted by Crippen LogP contribution is -2.14. The minimum Gasteiger partial charge on any atom is -0.504 e. The van der Waals surface area contributed by atoms with Crippen molar-refractivity contribution in [2.24, 2.45) is 0 Å². The summed E-state index contributed by atoms with van der Waals surface area (Å²) in [5, 5.41) is 19.5. The number of methoxy groups -OCH3 is 1. The van der Waals surface area contributed by atoms with Gasteiger partial charge in [-0.1, -0.05) is 51.5 Å². The van der Waals surface area contributed by atoms with Crippen LogP contribution in [-0.2, 0) is 11.2 Å². The molecule has 0 aliphatic rings. The number of aromatic hydroxyl groups is 1. The molecule has 1 rings (SSSR count). The highest BCUT2D eigenvalue weighted by atomic mass is 16.5. The Morgan fingerprint density at radius 2 is 1.88 bits per heavy atom. The van der Waals surface area contributed by atoms with Crippen molar-refractivity contribution in [2.45, 2.75) is 77.2 Å². The van der Waals surface area contributed by atoms with E-state index in [1.54, 1.807) is 18.2 Å². The maximum absolute atomic E-state index is 12.0. The first-order valence-corrected chi connectivity index (χ1v) is 9.12. The Morgan fingerprint density at radius 1 is 1.17 bits per heavy atom. The Bertz CT molecular complexity index is 485. The zero-order valence-corrected chi connectivity index (χ0v) is 15.1. The van der Waals surface area contributed by atoms with Gasteiger partial charge in [-0.15, -0.1) is 0 Å². The van der Waals surface area contributed by atoms with Crippen molar-refractivity contribution in [3.8, 4) is 11.5 Å². The van der Waals surface area contributed by atoms with Crippen molar-refractivity contribution in [2.75, 3.05) is 7.11 Å². The van der Waals surface area contributed by atoms with Crippen LogP contribution in [0.1, 0.15) is 70.3 Å². The van der Waals surface area contributed by atoms with E-state index in [-0.39, 0.29) is 18.0 Å². The molecule has 0 heterocycles. The van der Waals surface area contributed by atoms with Crippen LogP contribution in [0.4, 0.5) is 0 Å². The maximum atomic E-state index is 12.0. The van der Waals surface area contributed by atoms with Crippen LogP contribution in [0.5, 0.6) is 11.5 Å². The number of unbranched alkanes of at least 4 members (excludes halogenated alkanes) is 5. The molecule has 2 N–H and O–H groups in total.